The average Bonchev–Trinajstić information content (AvgIpc) is 3.26. The number of carbonyl (C=O) groups is 2. The Morgan fingerprint density at radius 1 is 1.12 bits per heavy atom. The number of nitrogens with zero attached hydrogens (tertiary/aromatic N) is 1. The van der Waals surface area contributed by atoms with Crippen LogP contribution in [0, 0.1) is 0 Å². The maximum Gasteiger partial charge on any atom is 0.339 e. The third-order valence-electron chi connectivity index (χ3n) is 5.16. The number of ether oxygens (including phenoxy) is 2. The molecule has 178 valence electrons. The average molecular weight is 477 g/mol. The molecule has 3 rings (SSSR count). The van der Waals surface area contributed by atoms with Gasteiger partial charge in [0.2, 0.25) is 11.8 Å². The van der Waals surface area contributed by atoms with E-state index < -0.39 is 10.1 Å². The van der Waals surface area contributed by atoms with E-state index >= 15 is 0 Å². The van der Waals surface area contributed by atoms with Crippen molar-refractivity contribution in [3.05, 3.63) is 48.0 Å². The lowest BCUT2D eigenvalue weighted by Gasteiger charge is -2.24. The largest absolute Gasteiger partial charge is 0.493 e. The molecule has 0 aromatic heterocycles. The number of nitrogens with one attached hydrogen (secondary N) is 1. The molecule has 33 heavy (non-hydrogen) atoms. The van der Waals surface area contributed by atoms with Crippen LogP contribution in [-0.4, -0.2) is 51.5 Å². The van der Waals surface area contributed by atoms with Crippen LogP contribution in [0.5, 0.6) is 11.5 Å². The number of hydrogen-bond acceptors (Lipinski definition) is 7. The third-order valence-corrected chi connectivity index (χ3v) is 6.41. The van der Waals surface area contributed by atoms with Crippen molar-refractivity contribution >= 4 is 27.6 Å². The summed E-state index contributed by atoms with van der Waals surface area (Å²) in [5.74, 6) is -0.106. The summed E-state index contributed by atoms with van der Waals surface area (Å²) in [6.45, 7) is 4.30. The predicted molar refractivity (Wildman–Crippen MR) is 122 cm³/mol. The second-order valence-electron chi connectivity index (χ2n) is 7.76. The van der Waals surface area contributed by atoms with Gasteiger partial charge in [-0.3, -0.25) is 9.59 Å². The number of carbonyl (C=O) groups excluding carboxylic acids is 2. The first kappa shape index (κ1) is 24.5. The van der Waals surface area contributed by atoms with Gasteiger partial charge in [-0.2, -0.15) is 8.42 Å². The smallest absolute Gasteiger partial charge is 0.339 e. The van der Waals surface area contributed by atoms with Crippen LogP contribution in [0.3, 0.4) is 0 Å². The molecular weight excluding hydrogens is 448 g/mol. The molecule has 0 radical (unpaired) electrons. The maximum absolute atomic E-state index is 12.8. The van der Waals surface area contributed by atoms with E-state index in [2.05, 4.69) is 5.32 Å². The van der Waals surface area contributed by atoms with E-state index in [9.17, 15) is 18.0 Å². The van der Waals surface area contributed by atoms with Gasteiger partial charge in [-0.25, -0.2) is 0 Å². The van der Waals surface area contributed by atoms with Gasteiger partial charge in [0.1, 0.15) is 4.90 Å². The van der Waals surface area contributed by atoms with Gasteiger partial charge in [-0.1, -0.05) is 6.07 Å². The minimum atomic E-state index is -4.16. The summed E-state index contributed by atoms with van der Waals surface area (Å²) in [5, 5.41) is 2.58. The third kappa shape index (κ3) is 6.69. The Kier molecular flexibility index (Phi) is 7.93. The van der Waals surface area contributed by atoms with Crippen LogP contribution in [0.15, 0.2) is 47.4 Å². The van der Waals surface area contributed by atoms with Gasteiger partial charge in [-0.15, -0.1) is 0 Å². The van der Waals surface area contributed by atoms with Gasteiger partial charge in [0.25, 0.3) is 0 Å². The lowest BCUT2D eigenvalue weighted by molar-refractivity contribution is -0.131. The molecule has 0 saturated carbocycles. The molecule has 1 heterocycles. The highest BCUT2D eigenvalue weighted by Crippen LogP contribution is 2.31. The Hall–Kier alpha value is -3.11. The monoisotopic (exact) mass is 476 g/mol. The van der Waals surface area contributed by atoms with Crippen molar-refractivity contribution in [1.29, 1.82) is 0 Å². The van der Waals surface area contributed by atoms with Crippen LogP contribution in [0.4, 0.5) is 5.69 Å². The highest BCUT2D eigenvalue weighted by Gasteiger charge is 2.23. The molecule has 1 saturated heterocycles. The van der Waals surface area contributed by atoms with Gasteiger partial charge < -0.3 is 23.9 Å². The van der Waals surface area contributed by atoms with Crippen LogP contribution in [-0.2, 0) is 31.0 Å². The van der Waals surface area contributed by atoms with E-state index in [1.54, 1.807) is 23.1 Å². The quantitative estimate of drug-likeness (QED) is 0.554. The molecule has 1 aliphatic heterocycles. The number of benzene rings is 2. The minimum absolute atomic E-state index is 0.00344. The molecular formula is C23H28N2O7S. The molecule has 9 nitrogen and oxygen atoms in total. The molecule has 0 bridgehead atoms. The van der Waals surface area contributed by atoms with Crippen LogP contribution < -0.4 is 14.2 Å². The molecule has 2 amide bonds. The fourth-order valence-electron chi connectivity index (χ4n) is 3.52. The molecule has 0 spiro atoms. The number of rotatable bonds is 9. The fraction of sp³-hybridized carbons (Fsp3) is 0.391. The van der Waals surface area contributed by atoms with E-state index in [1.807, 2.05) is 0 Å². The van der Waals surface area contributed by atoms with E-state index in [-0.39, 0.29) is 40.9 Å². The van der Waals surface area contributed by atoms with Crippen molar-refractivity contribution in [3.8, 4) is 11.5 Å². The summed E-state index contributed by atoms with van der Waals surface area (Å²) in [5.41, 5.74) is 1.16. The Morgan fingerprint density at radius 3 is 2.42 bits per heavy atom. The van der Waals surface area contributed by atoms with Gasteiger partial charge in [0, 0.05) is 39.2 Å². The van der Waals surface area contributed by atoms with Crippen molar-refractivity contribution < 1.29 is 31.7 Å². The van der Waals surface area contributed by atoms with Crippen LogP contribution in [0.2, 0.25) is 0 Å². The first-order chi connectivity index (χ1) is 15.7. The molecule has 1 N–H and O–H groups in total. The summed E-state index contributed by atoms with van der Waals surface area (Å²) in [6, 6.07) is 10.5. The maximum atomic E-state index is 12.8. The molecule has 2 aromatic carbocycles. The Bertz CT molecular complexity index is 1090. The van der Waals surface area contributed by atoms with E-state index in [1.165, 1.54) is 45.2 Å². The lowest BCUT2D eigenvalue weighted by Crippen LogP contribution is -2.35. The van der Waals surface area contributed by atoms with Crippen molar-refractivity contribution in [2.24, 2.45) is 0 Å². The van der Waals surface area contributed by atoms with Gasteiger partial charge in [0.15, 0.2) is 11.5 Å². The SMILES string of the molecule is COc1ccc(CN(C[C@@H]2CCCO2)C(C)=O)cc1OS(=O)(=O)c1ccc(NC(C)=O)cc1. The van der Waals surface area contributed by atoms with E-state index in [0.29, 0.717) is 24.4 Å². The number of anilines is 1. The molecule has 10 heteroatoms. The molecule has 2 aromatic rings. The highest BCUT2D eigenvalue weighted by molar-refractivity contribution is 7.87. The molecule has 1 atom stereocenters. The number of hydrogen-bond donors (Lipinski definition) is 1. The van der Waals surface area contributed by atoms with Crippen molar-refractivity contribution in [2.75, 3.05) is 25.6 Å². The van der Waals surface area contributed by atoms with Crippen molar-refractivity contribution in [2.45, 2.75) is 44.2 Å². The Labute approximate surface area is 193 Å². The standard InChI is InChI=1S/C23H28N2O7S/c1-16(26)24-19-7-9-21(10-8-19)33(28,29)32-23-13-18(6-11-22(23)30-3)14-25(17(2)27)15-20-5-4-12-31-20/h6-11,13,20H,4-5,12,14-15H2,1-3H3,(H,24,26)/t20-/m0/s1. The van der Waals surface area contributed by atoms with Gasteiger partial charge >= 0.3 is 10.1 Å². The fourth-order valence-corrected chi connectivity index (χ4v) is 4.45. The van der Waals surface area contributed by atoms with Gasteiger partial charge in [-0.05, 0) is 54.8 Å². The normalized spacial score (nSPS) is 15.7. The number of amides is 2. The minimum Gasteiger partial charge on any atom is -0.493 e. The summed E-state index contributed by atoms with van der Waals surface area (Å²) in [6.07, 6.45) is 1.88. The van der Waals surface area contributed by atoms with Gasteiger partial charge in [0.05, 0.1) is 13.2 Å². The summed E-state index contributed by atoms with van der Waals surface area (Å²) < 4.78 is 41.9. The first-order valence-corrected chi connectivity index (χ1v) is 11.9. The molecule has 1 fully saturated rings. The zero-order valence-electron chi connectivity index (χ0n) is 18.9. The van der Waals surface area contributed by atoms with Crippen LogP contribution in [0.1, 0.15) is 32.3 Å². The number of methoxy groups -OCH3 is 1. The predicted octanol–water partition coefficient (Wildman–Crippen LogP) is 2.95. The highest BCUT2D eigenvalue weighted by atomic mass is 32.2. The van der Waals surface area contributed by atoms with Crippen LogP contribution in [0.25, 0.3) is 0 Å². The summed E-state index contributed by atoms with van der Waals surface area (Å²) in [4.78, 5) is 24.9. The second kappa shape index (κ2) is 10.7. The second-order valence-corrected chi connectivity index (χ2v) is 9.31. The summed E-state index contributed by atoms with van der Waals surface area (Å²) >= 11 is 0. The van der Waals surface area contributed by atoms with E-state index in [0.717, 1.165) is 12.8 Å². The van der Waals surface area contributed by atoms with Crippen molar-refractivity contribution in [1.82, 2.24) is 4.90 Å². The molecule has 0 unspecified atom stereocenters. The summed E-state index contributed by atoms with van der Waals surface area (Å²) in [7, 11) is -2.75. The Morgan fingerprint density at radius 2 is 1.85 bits per heavy atom. The first-order valence-electron chi connectivity index (χ1n) is 10.5. The Balaban J connectivity index is 1.79. The zero-order valence-corrected chi connectivity index (χ0v) is 19.7. The molecule has 1 aliphatic rings. The molecule has 0 aliphatic carbocycles. The van der Waals surface area contributed by atoms with Crippen molar-refractivity contribution in [3.63, 3.8) is 0 Å². The van der Waals surface area contributed by atoms with Crippen LogP contribution >= 0.6 is 0 Å². The lowest BCUT2D eigenvalue weighted by atomic mass is 10.1. The zero-order chi connectivity index (χ0) is 24.0. The van der Waals surface area contributed by atoms with E-state index in [4.69, 9.17) is 13.7 Å². The topological polar surface area (TPSA) is 111 Å².